The Labute approximate surface area is 162 Å². The second-order valence-corrected chi connectivity index (χ2v) is 6.55. The predicted octanol–water partition coefficient (Wildman–Crippen LogP) is 6.36. The van der Waals surface area contributed by atoms with Crippen molar-refractivity contribution < 1.29 is 9.53 Å². The van der Waals surface area contributed by atoms with E-state index < -0.39 is 0 Å². The topological polar surface area (TPSA) is 38.3 Å². The maximum Gasteiger partial charge on any atom is 0.224 e. The molecule has 0 fully saturated rings. The van der Waals surface area contributed by atoms with Gasteiger partial charge in [0.2, 0.25) is 5.91 Å². The van der Waals surface area contributed by atoms with Gasteiger partial charge in [0.05, 0.1) is 10.7 Å². The van der Waals surface area contributed by atoms with Crippen LogP contribution >= 0.6 is 23.2 Å². The average Bonchev–Trinajstić information content (AvgIpc) is 2.65. The lowest BCUT2D eigenvalue weighted by Crippen LogP contribution is -2.13. The molecule has 0 saturated heterocycles. The Kier molecular flexibility index (Phi) is 6.16. The average molecular weight is 386 g/mol. The Morgan fingerprint density at radius 1 is 0.846 bits per heavy atom. The number of carbonyl (C=O) groups excluding carboxylic acids is 1. The lowest BCUT2D eigenvalue weighted by atomic mass is 10.1. The summed E-state index contributed by atoms with van der Waals surface area (Å²) < 4.78 is 5.86. The molecule has 0 spiro atoms. The highest BCUT2D eigenvalue weighted by atomic mass is 35.5. The summed E-state index contributed by atoms with van der Waals surface area (Å²) in [5.74, 6) is 0.993. The number of benzene rings is 3. The zero-order valence-electron chi connectivity index (χ0n) is 13.9. The van der Waals surface area contributed by atoms with Crippen molar-refractivity contribution in [3.8, 4) is 11.5 Å². The maximum absolute atomic E-state index is 12.3. The van der Waals surface area contributed by atoms with Crippen LogP contribution in [0.15, 0.2) is 72.8 Å². The fourth-order valence-electron chi connectivity index (χ4n) is 2.43. The van der Waals surface area contributed by atoms with E-state index in [-0.39, 0.29) is 5.91 Å². The summed E-state index contributed by atoms with van der Waals surface area (Å²) in [6.45, 7) is 0. The van der Waals surface area contributed by atoms with Crippen molar-refractivity contribution in [1.29, 1.82) is 0 Å². The molecule has 3 aromatic rings. The molecular weight excluding hydrogens is 369 g/mol. The Hall–Kier alpha value is -2.49. The van der Waals surface area contributed by atoms with Crippen molar-refractivity contribution in [2.24, 2.45) is 0 Å². The number of nitrogens with one attached hydrogen (secondary N) is 1. The van der Waals surface area contributed by atoms with Crippen LogP contribution in [0.4, 0.5) is 5.69 Å². The van der Waals surface area contributed by atoms with Gasteiger partial charge in [-0.15, -0.1) is 0 Å². The summed E-state index contributed by atoms with van der Waals surface area (Å²) in [5, 5.41) is 4.09. The number of carbonyl (C=O) groups is 1. The van der Waals surface area contributed by atoms with Crippen LogP contribution in [0.25, 0.3) is 0 Å². The van der Waals surface area contributed by atoms with E-state index in [1.165, 1.54) is 0 Å². The number of anilines is 1. The third-order valence-electron chi connectivity index (χ3n) is 3.77. The monoisotopic (exact) mass is 385 g/mol. The van der Waals surface area contributed by atoms with Crippen molar-refractivity contribution in [3.05, 3.63) is 88.4 Å². The van der Waals surface area contributed by atoms with E-state index in [0.29, 0.717) is 40.1 Å². The summed E-state index contributed by atoms with van der Waals surface area (Å²) in [6.07, 6.45) is 0.999. The van der Waals surface area contributed by atoms with E-state index >= 15 is 0 Å². The Morgan fingerprint density at radius 3 is 2.23 bits per heavy atom. The molecule has 0 bridgehead atoms. The van der Waals surface area contributed by atoms with Crippen LogP contribution in [0.5, 0.6) is 11.5 Å². The molecule has 0 aliphatic rings. The number of ether oxygens (including phenoxy) is 1. The van der Waals surface area contributed by atoms with Crippen LogP contribution in [0.1, 0.15) is 12.0 Å². The van der Waals surface area contributed by atoms with Crippen LogP contribution in [0.2, 0.25) is 10.0 Å². The molecule has 3 nitrogen and oxygen atoms in total. The van der Waals surface area contributed by atoms with Gasteiger partial charge >= 0.3 is 0 Å². The third kappa shape index (κ3) is 5.01. The van der Waals surface area contributed by atoms with E-state index in [0.717, 1.165) is 5.56 Å². The predicted molar refractivity (Wildman–Crippen MR) is 106 cm³/mol. The lowest BCUT2D eigenvalue weighted by molar-refractivity contribution is -0.116. The van der Waals surface area contributed by atoms with E-state index in [4.69, 9.17) is 27.9 Å². The van der Waals surface area contributed by atoms with E-state index in [9.17, 15) is 4.79 Å². The normalized spacial score (nSPS) is 10.4. The molecular formula is C21H17Cl2NO2. The number of hydrogen-bond donors (Lipinski definition) is 1. The molecule has 0 radical (unpaired) electrons. The number of hydrogen-bond acceptors (Lipinski definition) is 2. The van der Waals surface area contributed by atoms with Gasteiger partial charge in [0.25, 0.3) is 0 Å². The van der Waals surface area contributed by atoms with Crippen molar-refractivity contribution in [2.45, 2.75) is 12.8 Å². The van der Waals surface area contributed by atoms with Gasteiger partial charge in [0.15, 0.2) is 5.75 Å². The van der Waals surface area contributed by atoms with E-state index in [1.54, 1.807) is 24.3 Å². The van der Waals surface area contributed by atoms with Gasteiger partial charge < -0.3 is 10.1 Å². The van der Waals surface area contributed by atoms with Crippen LogP contribution in [-0.2, 0) is 11.2 Å². The minimum absolute atomic E-state index is 0.0878. The van der Waals surface area contributed by atoms with Gasteiger partial charge in [-0.3, -0.25) is 4.79 Å². The number of rotatable bonds is 6. The lowest BCUT2D eigenvalue weighted by Gasteiger charge is -2.13. The standard InChI is InChI=1S/C21H17Cl2NO2/c22-16-12-9-15(10-13-16)11-14-21(25)24-18-6-2-4-8-20(18)26-19-7-3-1-5-17(19)23/h1-10,12-13H,11,14H2,(H,24,25). The fraction of sp³-hybridized carbons (Fsp3) is 0.0952. The fourth-order valence-corrected chi connectivity index (χ4v) is 2.73. The third-order valence-corrected chi connectivity index (χ3v) is 4.34. The molecule has 0 aliphatic carbocycles. The zero-order chi connectivity index (χ0) is 18.4. The number of halogens is 2. The van der Waals surface area contributed by atoms with Crippen molar-refractivity contribution in [1.82, 2.24) is 0 Å². The summed E-state index contributed by atoms with van der Waals surface area (Å²) in [6, 6.07) is 22.0. The molecule has 0 aromatic heterocycles. The molecule has 26 heavy (non-hydrogen) atoms. The highest BCUT2D eigenvalue weighted by Crippen LogP contribution is 2.33. The summed E-state index contributed by atoms with van der Waals surface area (Å²) in [7, 11) is 0. The molecule has 1 amide bonds. The highest BCUT2D eigenvalue weighted by Gasteiger charge is 2.10. The molecule has 0 heterocycles. The van der Waals surface area contributed by atoms with Crippen LogP contribution in [-0.4, -0.2) is 5.91 Å². The molecule has 3 aromatic carbocycles. The van der Waals surface area contributed by atoms with E-state index in [2.05, 4.69) is 5.32 Å². The number of para-hydroxylation sites is 3. The minimum Gasteiger partial charge on any atom is -0.454 e. The number of amides is 1. The molecule has 0 atom stereocenters. The summed E-state index contributed by atoms with van der Waals surface area (Å²) in [5.41, 5.74) is 1.67. The summed E-state index contributed by atoms with van der Waals surface area (Å²) in [4.78, 5) is 12.3. The van der Waals surface area contributed by atoms with Crippen LogP contribution in [0.3, 0.4) is 0 Å². The van der Waals surface area contributed by atoms with Gasteiger partial charge in [0, 0.05) is 11.4 Å². The second-order valence-electron chi connectivity index (χ2n) is 5.70. The van der Waals surface area contributed by atoms with Crippen LogP contribution in [0, 0.1) is 0 Å². The quantitative estimate of drug-likeness (QED) is 0.536. The SMILES string of the molecule is O=C(CCc1ccc(Cl)cc1)Nc1ccccc1Oc1ccccc1Cl. The highest BCUT2D eigenvalue weighted by molar-refractivity contribution is 6.32. The van der Waals surface area contributed by atoms with Gasteiger partial charge in [-0.1, -0.05) is 59.6 Å². The first kappa shape index (κ1) is 18.3. The van der Waals surface area contributed by atoms with Crippen LogP contribution < -0.4 is 10.1 Å². The van der Waals surface area contributed by atoms with Crippen molar-refractivity contribution in [3.63, 3.8) is 0 Å². The summed E-state index contributed by atoms with van der Waals surface area (Å²) >= 11 is 12.0. The van der Waals surface area contributed by atoms with E-state index in [1.807, 2.05) is 48.5 Å². The molecule has 1 N–H and O–H groups in total. The van der Waals surface area contributed by atoms with Gasteiger partial charge in [0.1, 0.15) is 5.75 Å². The molecule has 0 saturated carbocycles. The molecule has 132 valence electrons. The number of aryl methyl sites for hydroxylation is 1. The Bertz CT molecular complexity index is 895. The molecule has 0 unspecified atom stereocenters. The van der Waals surface area contributed by atoms with Crippen molar-refractivity contribution >= 4 is 34.8 Å². The second kappa shape index (κ2) is 8.75. The van der Waals surface area contributed by atoms with Gasteiger partial charge in [-0.05, 0) is 48.4 Å². The Balaban J connectivity index is 1.65. The first-order valence-corrected chi connectivity index (χ1v) is 8.93. The van der Waals surface area contributed by atoms with Crippen molar-refractivity contribution in [2.75, 3.05) is 5.32 Å². The molecule has 0 aliphatic heterocycles. The maximum atomic E-state index is 12.3. The van der Waals surface area contributed by atoms with Gasteiger partial charge in [-0.2, -0.15) is 0 Å². The zero-order valence-corrected chi connectivity index (χ0v) is 15.4. The first-order chi connectivity index (χ1) is 12.6. The van der Waals surface area contributed by atoms with Gasteiger partial charge in [-0.25, -0.2) is 0 Å². The smallest absolute Gasteiger partial charge is 0.224 e. The minimum atomic E-state index is -0.0878. The molecule has 3 rings (SSSR count). The Morgan fingerprint density at radius 2 is 1.50 bits per heavy atom. The molecule has 5 heteroatoms. The first-order valence-electron chi connectivity index (χ1n) is 8.17. The largest absolute Gasteiger partial charge is 0.454 e.